The summed E-state index contributed by atoms with van der Waals surface area (Å²) in [7, 11) is -2.98. The Balaban J connectivity index is 2.26. The van der Waals surface area contributed by atoms with Gasteiger partial charge < -0.3 is 4.74 Å². The molecule has 0 aromatic rings. The van der Waals surface area contributed by atoms with Crippen molar-refractivity contribution in [2.45, 2.75) is 45.6 Å². The monoisotopic (exact) mass is 234 g/mol. The summed E-state index contributed by atoms with van der Waals surface area (Å²) < 4.78 is 27.2. The van der Waals surface area contributed by atoms with Crippen LogP contribution in [-0.2, 0) is 14.6 Å². The van der Waals surface area contributed by atoms with Crippen molar-refractivity contribution in [3.63, 3.8) is 0 Å². The number of rotatable bonds is 4. The molecule has 0 N–H and O–H groups in total. The van der Waals surface area contributed by atoms with Gasteiger partial charge in [0.1, 0.15) is 5.94 Å². The second-order valence-corrected chi connectivity index (χ2v) is 7.08. The first-order valence-electron chi connectivity index (χ1n) is 5.68. The van der Waals surface area contributed by atoms with Gasteiger partial charge in [-0.2, -0.15) is 0 Å². The van der Waals surface area contributed by atoms with E-state index in [-0.39, 0.29) is 12.0 Å². The minimum Gasteiger partial charge on any atom is -0.362 e. The minimum atomic E-state index is -2.98. The smallest absolute Gasteiger partial charge is 0.171 e. The lowest BCUT2D eigenvalue weighted by atomic mass is 9.80. The van der Waals surface area contributed by atoms with Crippen LogP contribution < -0.4 is 0 Å². The van der Waals surface area contributed by atoms with Crippen LogP contribution in [0.1, 0.15) is 39.5 Å². The lowest BCUT2D eigenvalue weighted by molar-refractivity contribution is 0.0378. The highest BCUT2D eigenvalue weighted by molar-refractivity contribution is 7.90. The zero-order chi connectivity index (χ0) is 11.5. The third kappa shape index (κ3) is 4.98. The third-order valence-corrected chi connectivity index (χ3v) is 3.74. The second kappa shape index (κ2) is 5.30. The van der Waals surface area contributed by atoms with Gasteiger partial charge in [-0.15, -0.1) is 0 Å². The van der Waals surface area contributed by atoms with Crippen LogP contribution in [-0.4, -0.2) is 26.7 Å². The van der Waals surface area contributed by atoms with Gasteiger partial charge in [-0.1, -0.05) is 13.8 Å². The Morgan fingerprint density at radius 1 is 1.20 bits per heavy atom. The average molecular weight is 234 g/mol. The van der Waals surface area contributed by atoms with Crippen LogP contribution in [0.2, 0.25) is 0 Å². The van der Waals surface area contributed by atoms with Crippen LogP contribution in [0, 0.1) is 11.8 Å². The molecule has 0 aromatic carbocycles. The quantitative estimate of drug-likeness (QED) is 0.749. The van der Waals surface area contributed by atoms with E-state index in [2.05, 4.69) is 13.8 Å². The van der Waals surface area contributed by atoms with Gasteiger partial charge in [0.25, 0.3) is 0 Å². The fourth-order valence-electron chi connectivity index (χ4n) is 2.14. The second-order valence-electron chi connectivity index (χ2n) is 4.99. The summed E-state index contributed by atoms with van der Waals surface area (Å²) in [5.41, 5.74) is 0. The third-order valence-electron chi connectivity index (χ3n) is 3.18. The molecule has 0 heterocycles. The molecule has 1 aliphatic rings. The summed E-state index contributed by atoms with van der Waals surface area (Å²) >= 11 is 0. The van der Waals surface area contributed by atoms with Gasteiger partial charge >= 0.3 is 0 Å². The Hall–Kier alpha value is -0.0900. The molecule has 90 valence electrons. The zero-order valence-corrected chi connectivity index (χ0v) is 10.7. The normalized spacial score (nSPS) is 28.3. The van der Waals surface area contributed by atoms with Crippen LogP contribution in [0.25, 0.3) is 0 Å². The standard InChI is InChI=1S/C11H22O3S/c1-9(2)10-4-6-11(7-5-10)14-8-15(3,12)13/h9-11H,4-8H2,1-3H3. The molecule has 4 heteroatoms. The van der Waals surface area contributed by atoms with Crippen LogP contribution in [0.3, 0.4) is 0 Å². The number of hydrogen-bond donors (Lipinski definition) is 0. The van der Waals surface area contributed by atoms with Gasteiger partial charge in [-0.25, -0.2) is 8.42 Å². The summed E-state index contributed by atoms with van der Waals surface area (Å²) in [4.78, 5) is 0. The SMILES string of the molecule is CC(C)C1CCC(OCS(C)(=O)=O)CC1. The summed E-state index contributed by atoms with van der Waals surface area (Å²) in [5, 5.41) is 0. The average Bonchev–Trinajstić information content (AvgIpc) is 2.14. The van der Waals surface area contributed by atoms with Crippen molar-refractivity contribution in [3.8, 4) is 0 Å². The molecule has 1 aliphatic carbocycles. The summed E-state index contributed by atoms with van der Waals surface area (Å²) in [5.74, 6) is 1.41. The van der Waals surface area contributed by atoms with E-state index < -0.39 is 9.84 Å². The highest BCUT2D eigenvalue weighted by Crippen LogP contribution is 2.31. The Labute approximate surface area is 93.1 Å². The van der Waals surface area contributed by atoms with Crippen molar-refractivity contribution in [1.82, 2.24) is 0 Å². The first-order chi connectivity index (χ1) is 6.88. The largest absolute Gasteiger partial charge is 0.362 e. The van der Waals surface area contributed by atoms with E-state index in [1.165, 1.54) is 19.1 Å². The zero-order valence-electron chi connectivity index (χ0n) is 9.90. The topological polar surface area (TPSA) is 43.4 Å². The first-order valence-corrected chi connectivity index (χ1v) is 7.74. The molecular formula is C11H22O3S. The van der Waals surface area contributed by atoms with E-state index >= 15 is 0 Å². The van der Waals surface area contributed by atoms with Crippen molar-refractivity contribution in [3.05, 3.63) is 0 Å². The Morgan fingerprint density at radius 3 is 2.13 bits per heavy atom. The predicted octanol–water partition coefficient (Wildman–Crippen LogP) is 2.22. The highest BCUT2D eigenvalue weighted by Gasteiger charge is 2.24. The van der Waals surface area contributed by atoms with Crippen molar-refractivity contribution >= 4 is 9.84 Å². The van der Waals surface area contributed by atoms with E-state index in [0.717, 1.165) is 24.7 Å². The molecular weight excluding hydrogens is 212 g/mol. The van der Waals surface area contributed by atoms with Gasteiger partial charge in [0.2, 0.25) is 0 Å². The fraction of sp³-hybridized carbons (Fsp3) is 1.00. The molecule has 0 atom stereocenters. The van der Waals surface area contributed by atoms with E-state index in [4.69, 9.17) is 4.74 Å². The van der Waals surface area contributed by atoms with Crippen LogP contribution >= 0.6 is 0 Å². The molecule has 0 aliphatic heterocycles. The Kier molecular flexibility index (Phi) is 4.59. The minimum absolute atomic E-state index is 0.121. The van der Waals surface area contributed by atoms with Gasteiger partial charge in [0.05, 0.1) is 6.10 Å². The molecule has 1 rings (SSSR count). The number of hydrogen-bond acceptors (Lipinski definition) is 3. The molecule has 0 radical (unpaired) electrons. The van der Waals surface area contributed by atoms with E-state index in [1.807, 2.05) is 0 Å². The van der Waals surface area contributed by atoms with Crippen LogP contribution in [0.15, 0.2) is 0 Å². The summed E-state index contributed by atoms with van der Waals surface area (Å²) in [6, 6.07) is 0. The fourth-order valence-corrected chi connectivity index (χ4v) is 2.58. The van der Waals surface area contributed by atoms with Gasteiger partial charge in [0, 0.05) is 6.26 Å². The molecule has 0 bridgehead atoms. The maximum atomic E-state index is 10.9. The van der Waals surface area contributed by atoms with E-state index in [1.54, 1.807) is 0 Å². The Bertz CT molecular complexity index is 274. The molecule has 1 saturated carbocycles. The lowest BCUT2D eigenvalue weighted by Gasteiger charge is -2.30. The van der Waals surface area contributed by atoms with E-state index in [0.29, 0.717) is 0 Å². The van der Waals surface area contributed by atoms with Crippen molar-refractivity contribution in [2.24, 2.45) is 11.8 Å². The molecule has 0 spiro atoms. The van der Waals surface area contributed by atoms with Gasteiger partial charge in [-0.05, 0) is 37.5 Å². The molecule has 1 fully saturated rings. The molecule has 0 amide bonds. The van der Waals surface area contributed by atoms with Crippen molar-refractivity contribution in [1.29, 1.82) is 0 Å². The van der Waals surface area contributed by atoms with Crippen LogP contribution in [0.5, 0.6) is 0 Å². The first kappa shape index (κ1) is 13.0. The summed E-state index contributed by atoms with van der Waals surface area (Å²) in [6.45, 7) is 4.50. The van der Waals surface area contributed by atoms with Crippen molar-refractivity contribution in [2.75, 3.05) is 12.2 Å². The number of sulfone groups is 1. The maximum Gasteiger partial charge on any atom is 0.171 e. The predicted molar refractivity (Wildman–Crippen MR) is 61.4 cm³/mol. The van der Waals surface area contributed by atoms with Gasteiger partial charge in [0.15, 0.2) is 9.84 Å². The van der Waals surface area contributed by atoms with Crippen molar-refractivity contribution < 1.29 is 13.2 Å². The molecule has 3 nitrogen and oxygen atoms in total. The van der Waals surface area contributed by atoms with Crippen LogP contribution in [0.4, 0.5) is 0 Å². The molecule has 0 aromatic heterocycles. The van der Waals surface area contributed by atoms with Gasteiger partial charge in [-0.3, -0.25) is 0 Å². The highest BCUT2D eigenvalue weighted by atomic mass is 32.2. The Morgan fingerprint density at radius 2 is 1.73 bits per heavy atom. The number of ether oxygens (including phenoxy) is 1. The molecule has 15 heavy (non-hydrogen) atoms. The summed E-state index contributed by atoms with van der Waals surface area (Å²) in [6.07, 6.45) is 5.75. The molecule has 0 unspecified atom stereocenters. The lowest BCUT2D eigenvalue weighted by Crippen LogP contribution is -2.26. The molecule has 0 saturated heterocycles. The maximum absolute atomic E-state index is 10.9. The van der Waals surface area contributed by atoms with E-state index in [9.17, 15) is 8.42 Å².